The fourth-order valence-electron chi connectivity index (χ4n) is 0.809. The molecule has 0 saturated carbocycles. The Kier molecular flexibility index (Phi) is 1.78. The summed E-state index contributed by atoms with van der Waals surface area (Å²) in [7, 11) is 0. The van der Waals surface area contributed by atoms with Gasteiger partial charge in [-0.3, -0.25) is 0 Å². The van der Waals surface area contributed by atoms with Crippen LogP contribution in [0.15, 0.2) is 0 Å². The molecular formula is C7H14O2. The van der Waals surface area contributed by atoms with Crippen LogP contribution in [0.4, 0.5) is 0 Å². The Bertz CT molecular complexity index is 87.6. The lowest BCUT2D eigenvalue weighted by Gasteiger charge is -2.23. The Morgan fingerprint density at radius 3 is 1.78 bits per heavy atom. The number of hydrogen-bond acceptors (Lipinski definition) is 2. The van der Waals surface area contributed by atoms with Crippen molar-refractivity contribution in [3.8, 4) is 0 Å². The summed E-state index contributed by atoms with van der Waals surface area (Å²) in [6, 6.07) is 0. The maximum Gasteiger partial charge on any atom is 0.0878 e. The summed E-state index contributed by atoms with van der Waals surface area (Å²) in [5.74, 6) is 0.567. The van der Waals surface area contributed by atoms with Crippen molar-refractivity contribution in [2.75, 3.05) is 13.2 Å². The van der Waals surface area contributed by atoms with E-state index in [-0.39, 0.29) is 0 Å². The van der Waals surface area contributed by atoms with Crippen LogP contribution in [0, 0.1) is 11.3 Å². The van der Waals surface area contributed by atoms with E-state index in [1.165, 1.54) is 0 Å². The molecule has 1 fully saturated rings. The Morgan fingerprint density at radius 2 is 1.56 bits per heavy atom. The average Bonchev–Trinajstić information content (AvgIpc) is 2.08. The van der Waals surface area contributed by atoms with E-state index in [1.807, 2.05) is 0 Å². The molecule has 54 valence electrons. The molecule has 1 saturated heterocycles. The third-order valence-electron chi connectivity index (χ3n) is 1.85. The highest BCUT2D eigenvalue weighted by molar-refractivity contribution is 4.74. The zero-order valence-electron chi connectivity index (χ0n) is 6.31. The summed E-state index contributed by atoms with van der Waals surface area (Å²) in [5, 5.41) is 0. The third-order valence-corrected chi connectivity index (χ3v) is 1.85. The van der Waals surface area contributed by atoms with Crippen LogP contribution in [0.1, 0.15) is 20.8 Å². The highest BCUT2D eigenvalue weighted by Gasteiger charge is 2.29. The Balaban J connectivity index is 2.42. The molecule has 2 heteroatoms. The van der Waals surface area contributed by atoms with Gasteiger partial charge in [-0.25, -0.2) is 9.78 Å². The molecule has 1 heterocycles. The molecule has 0 unspecified atom stereocenters. The minimum Gasteiger partial charge on any atom is -0.236 e. The van der Waals surface area contributed by atoms with E-state index in [1.54, 1.807) is 0 Å². The molecule has 1 aliphatic heterocycles. The van der Waals surface area contributed by atoms with Crippen LogP contribution in [0.3, 0.4) is 0 Å². The number of rotatable bonds is 0. The van der Waals surface area contributed by atoms with E-state index in [9.17, 15) is 0 Å². The standard InChI is InChI=1S/C7H14O2/c1-7(2,3)6-4-8-9-5-6/h6H,4-5H2,1-3H3. The van der Waals surface area contributed by atoms with Crippen molar-refractivity contribution in [3.63, 3.8) is 0 Å². The average molecular weight is 130 g/mol. The quantitative estimate of drug-likeness (QED) is 0.464. The van der Waals surface area contributed by atoms with Gasteiger partial charge in [-0.15, -0.1) is 0 Å². The van der Waals surface area contributed by atoms with Gasteiger partial charge in [0, 0.05) is 5.92 Å². The van der Waals surface area contributed by atoms with Crippen molar-refractivity contribution in [2.45, 2.75) is 20.8 Å². The van der Waals surface area contributed by atoms with Crippen LogP contribution in [0.5, 0.6) is 0 Å². The predicted molar refractivity (Wildman–Crippen MR) is 34.8 cm³/mol. The monoisotopic (exact) mass is 130 g/mol. The van der Waals surface area contributed by atoms with Crippen molar-refractivity contribution in [1.82, 2.24) is 0 Å². The lowest BCUT2D eigenvalue weighted by atomic mass is 9.82. The van der Waals surface area contributed by atoms with Crippen LogP contribution in [-0.4, -0.2) is 13.2 Å². The van der Waals surface area contributed by atoms with Crippen LogP contribution >= 0.6 is 0 Å². The Labute approximate surface area is 56.1 Å². The molecule has 1 aliphatic rings. The van der Waals surface area contributed by atoms with E-state index in [4.69, 9.17) is 9.78 Å². The van der Waals surface area contributed by atoms with Gasteiger partial charge >= 0.3 is 0 Å². The van der Waals surface area contributed by atoms with Crippen LogP contribution in [0.2, 0.25) is 0 Å². The molecule has 0 aliphatic carbocycles. The second kappa shape index (κ2) is 2.27. The molecule has 2 nitrogen and oxygen atoms in total. The minimum atomic E-state index is 0.330. The topological polar surface area (TPSA) is 18.5 Å². The Morgan fingerprint density at radius 1 is 1.11 bits per heavy atom. The molecule has 0 spiro atoms. The molecule has 0 aromatic rings. The first kappa shape index (κ1) is 7.03. The van der Waals surface area contributed by atoms with Crippen LogP contribution < -0.4 is 0 Å². The van der Waals surface area contributed by atoms with E-state index in [2.05, 4.69) is 20.8 Å². The lowest BCUT2D eigenvalue weighted by molar-refractivity contribution is -0.248. The highest BCUT2D eigenvalue weighted by Crippen LogP contribution is 2.29. The van der Waals surface area contributed by atoms with Gasteiger partial charge in [0.15, 0.2) is 0 Å². The molecule has 0 atom stereocenters. The maximum atomic E-state index is 4.78. The fourth-order valence-corrected chi connectivity index (χ4v) is 0.809. The van der Waals surface area contributed by atoms with Crippen molar-refractivity contribution < 1.29 is 9.78 Å². The second-order valence-corrected chi connectivity index (χ2v) is 3.63. The molecule has 0 amide bonds. The molecule has 1 rings (SSSR count). The van der Waals surface area contributed by atoms with Crippen LogP contribution in [-0.2, 0) is 9.78 Å². The van der Waals surface area contributed by atoms with Gasteiger partial charge in [0.25, 0.3) is 0 Å². The largest absolute Gasteiger partial charge is 0.236 e. The van der Waals surface area contributed by atoms with Gasteiger partial charge in [-0.05, 0) is 5.41 Å². The predicted octanol–water partition coefficient (Wildman–Crippen LogP) is 1.61. The zero-order valence-corrected chi connectivity index (χ0v) is 6.31. The van der Waals surface area contributed by atoms with Crippen molar-refractivity contribution >= 4 is 0 Å². The normalized spacial score (nSPS) is 23.0. The molecule has 0 aromatic carbocycles. The summed E-state index contributed by atoms with van der Waals surface area (Å²) in [5.41, 5.74) is 0.330. The molecule has 0 bridgehead atoms. The molecular weight excluding hydrogens is 116 g/mol. The third kappa shape index (κ3) is 1.66. The Hall–Kier alpha value is -0.0800. The van der Waals surface area contributed by atoms with E-state index in [0.29, 0.717) is 11.3 Å². The van der Waals surface area contributed by atoms with Crippen molar-refractivity contribution in [2.24, 2.45) is 11.3 Å². The highest BCUT2D eigenvalue weighted by atomic mass is 17.2. The van der Waals surface area contributed by atoms with E-state index >= 15 is 0 Å². The summed E-state index contributed by atoms with van der Waals surface area (Å²) in [6.07, 6.45) is 0. The molecule has 0 aromatic heterocycles. The van der Waals surface area contributed by atoms with E-state index in [0.717, 1.165) is 13.2 Å². The molecule has 0 radical (unpaired) electrons. The van der Waals surface area contributed by atoms with Crippen molar-refractivity contribution in [1.29, 1.82) is 0 Å². The van der Waals surface area contributed by atoms with Gasteiger partial charge in [-0.1, -0.05) is 20.8 Å². The first-order valence-electron chi connectivity index (χ1n) is 3.35. The summed E-state index contributed by atoms with van der Waals surface area (Å²) in [6.45, 7) is 8.12. The minimum absolute atomic E-state index is 0.330. The van der Waals surface area contributed by atoms with Gasteiger partial charge in [-0.2, -0.15) is 0 Å². The first-order chi connectivity index (χ1) is 4.11. The SMILES string of the molecule is CC(C)(C)C1COOC1. The second-order valence-electron chi connectivity index (χ2n) is 3.63. The summed E-state index contributed by atoms with van der Waals surface area (Å²) in [4.78, 5) is 9.57. The van der Waals surface area contributed by atoms with Crippen LogP contribution in [0.25, 0.3) is 0 Å². The number of hydrogen-bond donors (Lipinski definition) is 0. The van der Waals surface area contributed by atoms with Gasteiger partial charge in [0.2, 0.25) is 0 Å². The summed E-state index contributed by atoms with van der Waals surface area (Å²) >= 11 is 0. The fraction of sp³-hybridized carbons (Fsp3) is 1.00. The van der Waals surface area contributed by atoms with Gasteiger partial charge in [0.05, 0.1) is 13.2 Å². The lowest BCUT2D eigenvalue weighted by Crippen LogP contribution is -2.22. The molecule has 0 N–H and O–H groups in total. The van der Waals surface area contributed by atoms with E-state index < -0.39 is 0 Å². The zero-order chi connectivity index (χ0) is 6.91. The van der Waals surface area contributed by atoms with Crippen molar-refractivity contribution in [3.05, 3.63) is 0 Å². The smallest absolute Gasteiger partial charge is 0.0878 e. The van der Waals surface area contributed by atoms with Gasteiger partial charge < -0.3 is 0 Å². The summed E-state index contributed by atoms with van der Waals surface area (Å²) < 4.78 is 0. The first-order valence-corrected chi connectivity index (χ1v) is 3.35. The van der Waals surface area contributed by atoms with Gasteiger partial charge in [0.1, 0.15) is 0 Å². The maximum absolute atomic E-state index is 4.78. The molecule has 9 heavy (non-hydrogen) atoms.